The number of benzene rings is 1. The number of hydrogen-bond acceptors (Lipinski definition) is 7. The van der Waals surface area contributed by atoms with Crippen molar-refractivity contribution in [3.8, 4) is 0 Å². The van der Waals surface area contributed by atoms with Crippen molar-refractivity contribution in [1.82, 2.24) is 20.7 Å². The zero-order valence-electron chi connectivity index (χ0n) is 21.8. The van der Waals surface area contributed by atoms with Crippen LogP contribution in [0.2, 0.25) is 0 Å². The van der Waals surface area contributed by atoms with E-state index in [0.717, 1.165) is 5.01 Å². The lowest BCUT2D eigenvalue weighted by molar-refractivity contribution is -0.176. The average molecular weight is 544 g/mol. The van der Waals surface area contributed by atoms with Crippen molar-refractivity contribution in [1.29, 1.82) is 0 Å². The van der Waals surface area contributed by atoms with E-state index in [2.05, 4.69) is 16.0 Å². The Bertz CT molecular complexity index is 1140. The van der Waals surface area contributed by atoms with Gasteiger partial charge in [0.2, 0.25) is 17.7 Å². The van der Waals surface area contributed by atoms with E-state index >= 15 is 0 Å². The molecule has 0 spiro atoms. The SMILES string of the molecule is CC(C)CC(=O)Nc1ccc(C(=O)NC2CCC(=O)N3CCCC(C(=O)NC(C=O)CC(=O)O)N3C2=O)cc1. The van der Waals surface area contributed by atoms with Crippen LogP contribution in [0, 0.1) is 5.92 Å². The number of aldehydes is 1. The van der Waals surface area contributed by atoms with Crippen molar-refractivity contribution in [3.63, 3.8) is 0 Å². The molecule has 1 aromatic rings. The van der Waals surface area contributed by atoms with Gasteiger partial charge in [-0.05, 0) is 49.4 Å². The molecule has 4 N–H and O–H groups in total. The quantitative estimate of drug-likeness (QED) is 0.307. The molecule has 1 aromatic carbocycles. The Morgan fingerprint density at radius 2 is 1.77 bits per heavy atom. The smallest absolute Gasteiger partial charge is 0.305 e. The Balaban J connectivity index is 1.73. The first-order valence-corrected chi connectivity index (χ1v) is 12.8. The Labute approximate surface area is 225 Å². The van der Waals surface area contributed by atoms with Crippen molar-refractivity contribution in [2.24, 2.45) is 5.92 Å². The summed E-state index contributed by atoms with van der Waals surface area (Å²) in [6.07, 6.45) is 0.596. The summed E-state index contributed by atoms with van der Waals surface area (Å²) in [5.74, 6) is -3.63. The minimum Gasteiger partial charge on any atom is -0.481 e. The summed E-state index contributed by atoms with van der Waals surface area (Å²) >= 11 is 0. The zero-order valence-corrected chi connectivity index (χ0v) is 21.8. The Morgan fingerprint density at radius 1 is 1.08 bits per heavy atom. The number of carbonyl (C=O) groups is 7. The predicted molar refractivity (Wildman–Crippen MR) is 137 cm³/mol. The normalized spacial score (nSPS) is 20.0. The van der Waals surface area contributed by atoms with Gasteiger partial charge in [0, 0.05) is 30.6 Å². The molecule has 5 amide bonds. The molecule has 13 nitrogen and oxygen atoms in total. The Morgan fingerprint density at radius 3 is 2.38 bits per heavy atom. The van der Waals surface area contributed by atoms with E-state index in [1.54, 1.807) is 12.1 Å². The molecule has 0 aromatic heterocycles. The number of anilines is 1. The van der Waals surface area contributed by atoms with Gasteiger partial charge in [-0.3, -0.25) is 33.8 Å². The number of carboxylic acids is 1. The van der Waals surface area contributed by atoms with Crippen LogP contribution < -0.4 is 16.0 Å². The number of carboxylic acid groups (broad SMARTS) is 1. The molecule has 2 aliphatic rings. The summed E-state index contributed by atoms with van der Waals surface area (Å²) < 4.78 is 0. The third kappa shape index (κ3) is 7.62. The first kappa shape index (κ1) is 29.3. The van der Waals surface area contributed by atoms with Crippen LogP contribution in [0.15, 0.2) is 24.3 Å². The molecule has 0 aliphatic carbocycles. The average Bonchev–Trinajstić information content (AvgIpc) is 2.99. The number of hydrazine groups is 1. The van der Waals surface area contributed by atoms with Crippen LogP contribution in [0.3, 0.4) is 0 Å². The topological polar surface area (TPSA) is 182 Å². The molecule has 39 heavy (non-hydrogen) atoms. The molecule has 0 radical (unpaired) electrons. The van der Waals surface area contributed by atoms with E-state index in [1.807, 2.05) is 13.8 Å². The lowest BCUT2D eigenvalue weighted by Crippen LogP contribution is -2.64. The van der Waals surface area contributed by atoms with Gasteiger partial charge in [0.1, 0.15) is 18.4 Å². The van der Waals surface area contributed by atoms with Crippen molar-refractivity contribution >= 4 is 47.5 Å². The molecule has 0 bridgehead atoms. The maximum atomic E-state index is 13.5. The second-order valence-electron chi connectivity index (χ2n) is 9.99. The van der Waals surface area contributed by atoms with Crippen LogP contribution in [-0.2, 0) is 28.8 Å². The molecule has 2 fully saturated rings. The van der Waals surface area contributed by atoms with Crippen molar-refractivity contribution < 1.29 is 38.7 Å². The summed E-state index contributed by atoms with van der Waals surface area (Å²) in [5, 5.41) is 18.9. The van der Waals surface area contributed by atoms with Crippen LogP contribution in [0.25, 0.3) is 0 Å². The van der Waals surface area contributed by atoms with Crippen molar-refractivity contribution in [2.45, 2.75) is 70.5 Å². The highest BCUT2D eigenvalue weighted by atomic mass is 16.4. The lowest BCUT2D eigenvalue weighted by atomic mass is 10.0. The molecular weight excluding hydrogens is 510 g/mol. The van der Waals surface area contributed by atoms with Gasteiger partial charge >= 0.3 is 5.97 Å². The first-order valence-electron chi connectivity index (χ1n) is 12.8. The number of hydrogen-bond donors (Lipinski definition) is 4. The molecule has 2 heterocycles. The van der Waals surface area contributed by atoms with E-state index in [4.69, 9.17) is 5.11 Å². The molecule has 0 saturated carbocycles. The number of nitrogens with one attached hydrogen (secondary N) is 3. The maximum absolute atomic E-state index is 13.5. The Hall–Kier alpha value is -4.29. The monoisotopic (exact) mass is 543 g/mol. The summed E-state index contributed by atoms with van der Waals surface area (Å²) in [6, 6.07) is 2.58. The number of nitrogens with zero attached hydrogens (tertiary/aromatic N) is 2. The summed E-state index contributed by atoms with van der Waals surface area (Å²) in [4.78, 5) is 86.5. The molecule has 210 valence electrons. The van der Waals surface area contributed by atoms with Crippen LogP contribution in [-0.4, -0.2) is 81.6 Å². The van der Waals surface area contributed by atoms with E-state index in [0.29, 0.717) is 24.8 Å². The standard InChI is InChI=1S/C26H33N5O8/c1-15(2)12-21(33)27-17-7-5-16(6-8-17)24(37)29-19-9-10-22(34)30-11-3-4-20(31(30)26(19)39)25(38)28-18(14-32)13-23(35)36/h5-8,14-15,18-20H,3-4,9-13H2,1-2H3,(H,27,33)(H,28,38)(H,29,37)(H,35,36). The third-order valence-corrected chi connectivity index (χ3v) is 6.38. The van der Waals surface area contributed by atoms with Crippen LogP contribution >= 0.6 is 0 Å². The van der Waals surface area contributed by atoms with Gasteiger partial charge in [0.25, 0.3) is 11.8 Å². The molecule has 3 rings (SSSR count). The minimum atomic E-state index is -1.29. The first-order chi connectivity index (χ1) is 18.5. The van der Waals surface area contributed by atoms with E-state index < -0.39 is 54.1 Å². The minimum absolute atomic E-state index is 0.0179. The summed E-state index contributed by atoms with van der Waals surface area (Å²) in [7, 11) is 0. The van der Waals surface area contributed by atoms with Crippen LogP contribution in [0.4, 0.5) is 5.69 Å². The molecule has 2 saturated heterocycles. The zero-order chi connectivity index (χ0) is 28.7. The fourth-order valence-electron chi connectivity index (χ4n) is 4.54. The Kier molecular flexibility index (Phi) is 9.74. The largest absolute Gasteiger partial charge is 0.481 e. The number of rotatable bonds is 10. The second-order valence-corrected chi connectivity index (χ2v) is 9.99. The molecule has 3 unspecified atom stereocenters. The number of fused-ring (bicyclic) bond motifs is 1. The fourth-order valence-corrected chi connectivity index (χ4v) is 4.54. The lowest BCUT2D eigenvalue weighted by Gasteiger charge is -2.43. The summed E-state index contributed by atoms with van der Waals surface area (Å²) in [6.45, 7) is 4.05. The summed E-state index contributed by atoms with van der Waals surface area (Å²) in [5.41, 5.74) is 0.746. The maximum Gasteiger partial charge on any atom is 0.305 e. The molecule has 13 heteroatoms. The molecule has 3 atom stereocenters. The van der Waals surface area contributed by atoms with Gasteiger partial charge in [0.05, 0.1) is 12.5 Å². The fraction of sp³-hybridized carbons (Fsp3) is 0.500. The highest BCUT2D eigenvalue weighted by Gasteiger charge is 2.45. The van der Waals surface area contributed by atoms with Crippen LogP contribution in [0.1, 0.15) is 62.7 Å². The molecular formula is C26H33N5O8. The van der Waals surface area contributed by atoms with Crippen LogP contribution in [0.5, 0.6) is 0 Å². The van der Waals surface area contributed by atoms with Gasteiger partial charge in [-0.2, -0.15) is 0 Å². The van der Waals surface area contributed by atoms with Gasteiger partial charge in [-0.1, -0.05) is 13.8 Å². The second kappa shape index (κ2) is 13.0. The number of amides is 5. The van der Waals surface area contributed by atoms with E-state index in [9.17, 15) is 33.6 Å². The van der Waals surface area contributed by atoms with Crippen molar-refractivity contribution in [3.05, 3.63) is 29.8 Å². The molecule has 2 aliphatic heterocycles. The van der Waals surface area contributed by atoms with Gasteiger partial charge in [-0.15, -0.1) is 0 Å². The number of aliphatic carboxylic acids is 1. The van der Waals surface area contributed by atoms with Gasteiger partial charge in [-0.25, -0.2) is 5.01 Å². The third-order valence-electron chi connectivity index (χ3n) is 6.38. The predicted octanol–water partition coefficient (Wildman–Crippen LogP) is 0.456. The van der Waals surface area contributed by atoms with E-state index in [-0.39, 0.29) is 43.2 Å². The van der Waals surface area contributed by atoms with Crippen molar-refractivity contribution in [2.75, 3.05) is 11.9 Å². The van der Waals surface area contributed by atoms with Gasteiger partial charge in [0.15, 0.2) is 0 Å². The number of carbonyl (C=O) groups excluding carboxylic acids is 6. The van der Waals surface area contributed by atoms with Gasteiger partial charge < -0.3 is 25.9 Å². The highest BCUT2D eigenvalue weighted by molar-refractivity contribution is 6.00. The van der Waals surface area contributed by atoms with E-state index in [1.165, 1.54) is 17.1 Å². The highest BCUT2D eigenvalue weighted by Crippen LogP contribution is 2.25.